The minimum atomic E-state index is -0.439. The van der Waals surface area contributed by atoms with E-state index in [2.05, 4.69) is 41.6 Å². The van der Waals surface area contributed by atoms with Crippen LogP contribution in [0.1, 0.15) is 47.3 Å². The average Bonchev–Trinajstić information content (AvgIpc) is 3.52. The summed E-state index contributed by atoms with van der Waals surface area (Å²) in [5.41, 5.74) is 5.51. The molecule has 8 heteroatoms. The Morgan fingerprint density at radius 2 is 1.73 bits per heavy atom. The van der Waals surface area contributed by atoms with Gasteiger partial charge < -0.3 is 14.2 Å². The maximum atomic E-state index is 12.6. The third-order valence-corrected chi connectivity index (χ3v) is 6.33. The van der Waals surface area contributed by atoms with Crippen LogP contribution in [0.3, 0.4) is 0 Å². The van der Waals surface area contributed by atoms with E-state index in [1.807, 2.05) is 42.5 Å². The van der Waals surface area contributed by atoms with E-state index in [-0.39, 0.29) is 10.9 Å². The highest BCUT2D eigenvalue weighted by Gasteiger charge is 2.14. The van der Waals surface area contributed by atoms with E-state index in [0.29, 0.717) is 29.0 Å². The van der Waals surface area contributed by atoms with E-state index in [4.69, 9.17) is 32.7 Å². The summed E-state index contributed by atoms with van der Waals surface area (Å²) in [7, 11) is 0. The van der Waals surface area contributed by atoms with Crippen LogP contribution >= 0.6 is 23.8 Å². The van der Waals surface area contributed by atoms with Crippen molar-refractivity contribution in [2.45, 2.75) is 26.2 Å². The topological polar surface area (TPSA) is 80.3 Å². The Balaban J connectivity index is 1.17. The lowest BCUT2D eigenvalue weighted by Crippen LogP contribution is -2.33. The van der Waals surface area contributed by atoms with Crippen molar-refractivity contribution in [2.75, 3.05) is 5.32 Å². The summed E-state index contributed by atoms with van der Waals surface area (Å²) < 4.78 is 11.6. The van der Waals surface area contributed by atoms with Crippen LogP contribution in [0.15, 0.2) is 87.7 Å². The van der Waals surface area contributed by atoms with Crippen molar-refractivity contribution in [3.05, 3.63) is 107 Å². The molecule has 1 amide bonds. The zero-order chi connectivity index (χ0) is 25.9. The van der Waals surface area contributed by atoms with Gasteiger partial charge in [0.05, 0.1) is 0 Å². The van der Waals surface area contributed by atoms with Crippen LogP contribution in [0.25, 0.3) is 22.4 Å². The summed E-state index contributed by atoms with van der Waals surface area (Å²) in [6.45, 7) is 4.31. The molecule has 186 valence electrons. The van der Waals surface area contributed by atoms with Gasteiger partial charge in [-0.05, 0) is 89.9 Å². The van der Waals surface area contributed by atoms with Crippen LogP contribution in [0.4, 0.5) is 5.69 Å². The van der Waals surface area contributed by atoms with E-state index >= 15 is 0 Å². The number of thiocarbonyl (C=S) groups is 1. The highest BCUT2D eigenvalue weighted by molar-refractivity contribution is 7.80. The lowest BCUT2D eigenvalue weighted by molar-refractivity contribution is 0.0951. The van der Waals surface area contributed by atoms with Crippen LogP contribution in [-0.2, 0) is 6.42 Å². The molecule has 3 aromatic carbocycles. The number of aromatic nitrogens is 1. The van der Waals surface area contributed by atoms with Crippen molar-refractivity contribution in [1.82, 2.24) is 10.3 Å². The first kappa shape index (κ1) is 24.7. The van der Waals surface area contributed by atoms with Crippen LogP contribution < -0.4 is 10.6 Å². The van der Waals surface area contributed by atoms with Gasteiger partial charge in [0.1, 0.15) is 11.3 Å². The van der Waals surface area contributed by atoms with Crippen LogP contribution in [0.2, 0.25) is 5.02 Å². The number of fused-ring (bicyclic) bond motifs is 1. The average molecular weight is 530 g/mol. The van der Waals surface area contributed by atoms with Gasteiger partial charge in [0.15, 0.2) is 22.3 Å². The third kappa shape index (κ3) is 5.90. The van der Waals surface area contributed by atoms with Crippen LogP contribution in [-0.4, -0.2) is 16.0 Å². The van der Waals surface area contributed by atoms with Crippen molar-refractivity contribution in [2.24, 2.45) is 0 Å². The molecule has 0 unspecified atom stereocenters. The second kappa shape index (κ2) is 10.6. The fourth-order valence-electron chi connectivity index (χ4n) is 3.86. The molecule has 0 aliphatic heterocycles. The molecule has 37 heavy (non-hydrogen) atoms. The second-order valence-electron chi connectivity index (χ2n) is 8.94. The number of amides is 1. The number of halogens is 1. The fourth-order valence-corrected chi connectivity index (χ4v) is 4.20. The highest BCUT2D eigenvalue weighted by Crippen LogP contribution is 2.25. The summed E-state index contributed by atoms with van der Waals surface area (Å²) in [6, 6.07) is 24.3. The molecule has 6 nitrogen and oxygen atoms in total. The molecule has 2 aromatic heterocycles. The fraction of sp³-hybridized carbons (Fsp3) is 0.138. The first-order valence-electron chi connectivity index (χ1n) is 11.8. The molecule has 0 saturated carbocycles. The van der Waals surface area contributed by atoms with Crippen molar-refractivity contribution >= 4 is 51.6 Å². The predicted molar refractivity (Wildman–Crippen MR) is 150 cm³/mol. The SMILES string of the molecule is CC(C)c1ccc2oc(Cc3ccc(NC(=S)NC(=O)c4ccc(-c5ccc(Cl)cc5)o4)cc3)nc2c1. The Kier molecular flexibility index (Phi) is 7.08. The third-order valence-electron chi connectivity index (χ3n) is 5.88. The molecule has 0 aliphatic carbocycles. The molecule has 0 atom stereocenters. The molecule has 2 N–H and O–H groups in total. The van der Waals surface area contributed by atoms with Gasteiger partial charge in [0.2, 0.25) is 0 Å². The predicted octanol–water partition coefficient (Wildman–Crippen LogP) is 7.58. The molecule has 2 heterocycles. The van der Waals surface area contributed by atoms with Gasteiger partial charge in [-0.2, -0.15) is 0 Å². The monoisotopic (exact) mass is 529 g/mol. The number of furan rings is 1. The Morgan fingerprint density at radius 3 is 2.46 bits per heavy atom. The number of anilines is 1. The molecule has 0 saturated heterocycles. The Morgan fingerprint density at radius 1 is 0.973 bits per heavy atom. The standard InChI is InChI=1S/C29H24ClN3O3S/c1-17(2)20-7-12-25-23(16-20)32-27(36-25)15-18-3-10-22(11-4-18)31-29(37)33-28(34)26-14-13-24(35-26)19-5-8-21(30)9-6-19/h3-14,16-17H,15H2,1-2H3,(H2,31,33,34,37). The van der Waals surface area contributed by atoms with Gasteiger partial charge in [-0.15, -0.1) is 0 Å². The van der Waals surface area contributed by atoms with Crippen LogP contribution in [0.5, 0.6) is 0 Å². The van der Waals surface area contributed by atoms with Crippen molar-refractivity contribution in [3.8, 4) is 11.3 Å². The summed E-state index contributed by atoms with van der Waals surface area (Å²) >= 11 is 11.2. The van der Waals surface area contributed by atoms with E-state index in [0.717, 1.165) is 27.9 Å². The van der Waals surface area contributed by atoms with Gasteiger partial charge in [0.25, 0.3) is 5.91 Å². The number of benzene rings is 3. The minimum absolute atomic E-state index is 0.156. The lowest BCUT2D eigenvalue weighted by atomic mass is 10.0. The first-order chi connectivity index (χ1) is 17.8. The van der Waals surface area contributed by atoms with Crippen molar-refractivity contribution in [3.63, 3.8) is 0 Å². The Labute approximate surface area is 224 Å². The quantitative estimate of drug-likeness (QED) is 0.221. The van der Waals surface area contributed by atoms with Crippen molar-refractivity contribution in [1.29, 1.82) is 0 Å². The molecule has 0 spiro atoms. The highest BCUT2D eigenvalue weighted by atomic mass is 35.5. The molecule has 5 aromatic rings. The van der Waals surface area contributed by atoms with E-state index in [1.165, 1.54) is 5.56 Å². The summed E-state index contributed by atoms with van der Waals surface area (Å²) in [5.74, 6) is 1.38. The maximum absolute atomic E-state index is 12.6. The molecule has 0 aliphatic rings. The number of hydrogen-bond donors (Lipinski definition) is 2. The summed E-state index contributed by atoms with van der Waals surface area (Å²) in [5, 5.41) is 6.46. The zero-order valence-electron chi connectivity index (χ0n) is 20.2. The minimum Gasteiger partial charge on any atom is -0.451 e. The number of carbonyl (C=O) groups is 1. The number of nitrogens with zero attached hydrogens (tertiary/aromatic N) is 1. The second-order valence-corrected chi connectivity index (χ2v) is 9.79. The number of rotatable bonds is 6. The molecule has 0 fully saturated rings. The number of carbonyl (C=O) groups excluding carboxylic acids is 1. The lowest BCUT2D eigenvalue weighted by Gasteiger charge is -2.09. The Bertz CT molecular complexity index is 1570. The molecular weight excluding hydrogens is 506 g/mol. The molecule has 0 radical (unpaired) electrons. The molecule has 0 bridgehead atoms. The van der Waals surface area contributed by atoms with E-state index in [1.54, 1.807) is 24.3 Å². The van der Waals surface area contributed by atoms with Crippen LogP contribution in [0, 0.1) is 0 Å². The van der Waals surface area contributed by atoms with Crippen molar-refractivity contribution < 1.29 is 13.6 Å². The van der Waals surface area contributed by atoms with Gasteiger partial charge >= 0.3 is 0 Å². The number of nitrogens with one attached hydrogen (secondary N) is 2. The summed E-state index contributed by atoms with van der Waals surface area (Å²) in [6.07, 6.45) is 0.571. The number of hydrogen-bond acceptors (Lipinski definition) is 5. The van der Waals surface area contributed by atoms with E-state index < -0.39 is 5.91 Å². The zero-order valence-corrected chi connectivity index (χ0v) is 21.8. The summed E-state index contributed by atoms with van der Waals surface area (Å²) in [4.78, 5) is 17.2. The van der Waals surface area contributed by atoms with Gasteiger partial charge in [-0.3, -0.25) is 10.1 Å². The van der Waals surface area contributed by atoms with Gasteiger partial charge in [-0.25, -0.2) is 4.98 Å². The maximum Gasteiger partial charge on any atom is 0.293 e. The van der Waals surface area contributed by atoms with Gasteiger partial charge in [-0.1, -0.05) is 43.6 Å². The smallest absolute Gasteiger partial charge is 0.293 e. The molecular formula is C29H24ClN3O3S. The van der Waals surface area contributed by atoms with Gasteiger partial charge in [0, 0.05) is 22.7 Å². The van der Waals surface area contributed by atoms with E-state index in [9.17, 15) is 4.79 Å². The normalized spacial score (nSPS) is 11.1. The first-order valence-corrected chi connectivity index (χ1v) is 12.6. The largest absolute Gasteiger partial charge is 0.451 e. The Hall–Kier alpha value is -3.94. The molecule has 5 rings (SSSR count). The number of oxazole rings is 1.